The summed E-state index contributed by atoms with van der Waals surface area (Å²) in [6.07, 6.45) is 0. The van der Waals surface area contributed by atoms with Crippen LogP contribution >= 0.6 is 0 Å². The number of carbonyl (C=O) groups is 1. The second kappa shape index (κ2) is 6.04. The minimum absolute atomic E-state index is 0.212. The maximum atomic E-state index is 12.4. The minimum Gasteiger partial charge on any atom is -0.384 e. The van der Waals surface area contributed by atoms with Crippen LogP contribution in [0.25, 0.3) is 38.7 Å². The molecule has 0 unspecified atom stereocenters. The largest absolute Gasteiger partial charge is 0.384 e. The number of benzene rings is 3. The highest BCUT2D eigenvalue weighted by Gasteiger charge is 2.24. The first-order chi connectivity index (χ1) is 13.7. The van der Waals surface area contributed by atoms with Crippen molar-refractivity contribution in [1.29, 1.82) is 0 Å². The lowest BCUT2D eigenvalue weighted by Gasteiger charge is -2.09. The first kappa shape index (κ1) is 16.2. The molecule has 0 aliphatic rings. The molecule has 5 aromatic rings. The summed E-state index contributed by atoms with van der Waals surface area (Å²) in [7, 11) is 0. The van der Waals surface area contributed by atoms with Crippen LogP contribution in [0.4, 0.5) is 5.82 Å². The van der Waals surface area contributed by atoms with Crippen molar-refractivity contribution in [3.63, 3.8) is 0 Å². The second-order valence-corrected chi connectivity index (χ2v) is 6.49. The molecule has 2 heterocycles. The van der Waals surface area contributed by atoms with E-state index in [0.29, 0.717) is 22.2 Å². The van der Waals surface area contributed by atoms with Gasteiger partial charge in [-0.1, -0.05) is 42.5 Å². The summed E-state index contributed by atoms with van der Waals surface area (Å²) in [5, 5.41) is 2.16. The fourth-order valence-electron chi connectivity index (χ4n) is 3.53. The SMILES string of the molecule is NNC(=O)c1c(N)n(-c2ccc3ccccc3c2)c2nc3ccccc3nc12. The molecule has 1 amide bonds. The van der Waals surface area contributed by atoms with E-state index in [1.807, 2.05) is 66.7 Å². The molecule has 0 fully saturated rings. The molecule has 5 rings (SSSR count). The third-order valence-electron chi connectivity index (χ3n) is 4.85. The predicted molar refractivity (Wildman–Crippen MR) is 110 cm³/mol. The van der Waals surface area contributed by atoms with E-state index in [1.165, 1.54) is 0 Å². The second-order valence-electron chi connectivity index (χ2n) is 6.49. The van der Waals surface area contributed by atoms with Crippen LogP contribution in [0.2, 0.25) is 0 Å². The van der Waals surface area contributed by atoms with Crippen molar-refractivity contribution in [3.8, 4) is 5.69 Å². The number of nitrogens with two attached hydrogens (primary N) is 2. The van der Waals surface area contributed by atoms with E-state index in [9.17, 15) is 4.79 Å². The van der Waals surface area contributed by atoms with Gasteiger partial charge in [0.05, 0.1) is 11.0 Å². The van der Waals surface area contributed by atoms with Gasteiger partial charge in [-0.25, -0.2) is 15.8 Å². The summed E-state index contributed by atoms with van der Waals surface area (Å²) < 4.78 is 1.74. The molecule has 0 aliphatic carbocycles. The average Bonchev–Trinajstić information content (AvgIpc) is 3.01. The first-order valence-electron chi connectivity index (χ1n) is 8.74. The zero-order chi connectivity index (χ0) is 19.3. The Balaban J connectivity index is 1.89. The van der Waals surface area contributed by atoms with Gasteiger partial charge in [0.25, 0.3) is 5.91 Å². The van der Waals surface area contributed by atoms with Crippen LogP contribution in [0.15, 0.2) is 66.7 Å². The third kappa shape index (κ3) is 2.30. The van der Waals surface area contributed by atoms with Crippen molar-refractivity contribution >= 4 is 44.7 Å². The van der Waals surface area contributed by atoms with Gasteiger partial charge < -0.3 is 5.73 Å². The van der Waals surface area contributed by atoms with Gasteiger partial charge in [0.1, 0.15) is 16.9 Å². The van der Waals surface area contributed by atoms with Gasteiger partial charge in [-0.15, -0.1) is 0 Å². The standard InChI is InChI=1S/C21H16N6O/c22-19-17(21(28)26-23)18-20(25-16-8-4-3-7-15(16)24-18)27(19)14-10-9-12-5-1-2-6-13(12)11-14/h1-11H,22-23H2,(H,26,28). The molecule has 0 radical (unpaired) electrons. The Morgan fingerprint density at radius 1 is 0.893 bits per heavy atom. The number of hydrogen-bond acceptors (Lipinski definition) is 5. The van der Waals surface area contributed by atoms with Crippen LogP contribution in [-0.4, -0.2) is 20.4 Å². The highest BCUT2D eigenvalue weighted by molar-refractivity contribution is 6.11. The van der Waals surface area contributed by atoms with E-state index in [4.69, 9.17) is 16.6 Å². The Hall–Kier alpha value is -3.97. The van der Waals surface area contributed by atoms with E-state index >= 15 is 0 Å². The zero-order valence-electron chi connectivity index (χ0n) is 14.8. The number of nitrogens with zero attached hydrogens (tertiary/aromatic N) is 3. The molecule has 28 heavy (non-hydrogen) atoms. The molecular weight excluding hydrogens is 352 g/mol. The maximum Gasteiger partial charge on any atom is 0.271 e. The molecule has 0 bridgehead atoms. The van der Waals surface area contributed by atoms with Gasteiger partial charge in [-0.3, -0.25) is 14.8 Å². The van der Waals surface area contributed by atoms with E-state index in [1.54, 1.807) is 4.57 Å². The van der Waals surface area contributed by atoms with Crippen molar-refractivity contribution in [2.24, 2.45) is 5.84 Å². The molecule has 5 N–H and O–H groups in total. The molecule has 2 aromatic heterocycles. The van der Waals surface area contributed by atoms with Gasteiger partial charge in [0.2, 0.25) is 0 Å². The van der Waals surface area contributed by atoms with Crippen LogP contribution in [0, 0.1) is 0 Å². The molecule has 136 valence electrons. The number of hydrogen-bond donors (Lipinski definition) is 3. The van der Waals surface area contributed by atoms with E-state index in [-0.39, 0.29) is 11.4 Å². The van der Waals surface area contributed by atoms with Gasteiger partial charge in [-0.2, -0.15) is 0 Å². The summed E-state index contributed by atoms with van der Waals surface area (Å²) in [5.74, 6) is 5.12. The van der Waals surface area contributed by atoms with Gasteiger partial charge in [0.15, 0.2) is 5.65 Å². The molecule has 0 atom stereocenters. The smallest absolute Gasteiger partial charge is 0.271 e. The summed E-state index contributed by atoms with van der Waals surface area (Å²) in [6.45, 7) is 0. The lowest BCUT2D eigenvalue weighted by atomic mass is 10.1. The van der Waals surface area contributed by atoms with Crippen molar-refractivity contribution in [2.75, 3.05) is 5.73 Å². The Labute approximate surface area is 159 Å². The molecule has 7 nitrogen and oxygen atoms in total. The number of hydrazine groups is 1. The van der Waals surface area contributed by atoms with Gasteiger partial charge in [-0.05, 0) is 35.0 Å². The van der Waals surface area contributed by atoms with Crippen molar-refractivity contribution < 1.29 is 4.79 Å². The minimum atomic E-state index is -0.508. The predicted octanol–water partition coefficient (Wildman–Crippen LogP) is 2.91. The Morgan fingerprint density at radius 3 is 2.32 bits per heavy atom. The molecule has 0 saturated heterocycles. The normalized spacial score (nSPS) is 11.3. The Bertz CT molecular complexity index is 1390. The number of carbonyl (C=O) groups excluding carboxylic acids is 1. The third-order valence-corrected chi connectivity index (χ3v) is 4.85. The number of anilines is 1. The van der Waals surface area contributed by atoms with E-state index in [2.05, 4.69) is 10.4 Å². The number of nitrogens with one attached hydrogen (secondary N) is 1. The monoisotopic (exact) mass is 368 g/mol. The Kier molecular flexibility index (Phi) is 3.50. The summed E-state index contributed by atoms with van der Waals surface area (Å²) in [5.41, 5.74) is 11.9. The van der Waals surface area contributed by atoms with Crippen LogP contribution in [0.1, 0.15) is 10.4 Å². The Morgan fingerprint density at radius 2 is 1.57 bits per heavy atom. The summed E-state index contributed by atoms with van der Waals surface area (Å²) in [4.78, 5) is 21.8. The number of para-hydroxylation sites is 2. The fraction of sp³-hybridized carbons (Fsp3) is 0. The van der Waals surface area contributed by atoms with Crippen LogP contribution in [-0.2, 0) is 0 Å². The number of aromatic nitrogens is 3. The number of rotatable bonds is 2. The summed E-state index contributed by atoms with van der Waals surface area (Å²) >= 11 is 0. The van der Waals surface area contributed by atoms with Crippen molar-refractivity contribution in [2.45, 2.75) is 0 Å². The molecule has 0 saturated carbocycles. The molecule has 3 aromatic carbocycles. The lowest BCUT2D eigenvalue weighted by molar-refractivity contribution is 0.0956. The lowest BCUT2D eigenvalue weighted by Crippen LogP contribution is -2.30. The van der Waals surface area contributed by atoms with E-state index < -0.39 is 5.91 Å². The quantitative estimate of drug-likeness (QED) is 0.252. The fourth-order valence-corrected chi connectivity index (χ4v) is 3.53. The van der Waals surface area contributed by atoms with Gasteiger partial charge in [0, 0.05) is 5.69 Å². The zero-order valence-corrected chi connectivity index (χ0v) is 14.8. The summed E-state index contributed by atoms with van der Waals surface area (Å²) in [6, 6.07) is 21.5. The van der Waals surface area contributed by atoms with E-state index in [0.717, 1.165) is 16.5 Å². The number of fused-ring (bicyclic) bond motifs is 3. The van der Waals surface area contributed by atoms with Crippen molar-refractivity contribution in [3.05, 3.63) is 72.3 Å². The van der Waals surface area contributed by atoms with Crippen molar-refractivity contribution in [1.82, 2.24) is 20.0 Å². The highest BCUT2D eigenvalue weighted by atomic mass is 16.2. The van der Waals surface area contributed by atoms with Gasteiger partial charge >= 0.3 is 0 Å². The maximum absolute atomic E-state index is 12.4. The molecule has 0 spiro atoms. The molecular formula is C21H16N6O. The first-order valence-corrected chi connectivity index (χ1v) is 8.74. The molecule has 0 aliphatic heterocycles. The topological polar surface area (TPSA) is 112 Å². The van der Waals surface area contributed by atoms with Crippen LogP contribution < -0.4 is 17.0 Å². The molecule has 7 heteroatoms. The van der Waals surface area contributed by atoms with Crippen LogP contribution in [0.5, 0.6) is 0 Å². The number of amides is 1. The number of nitrogen functional groups attached to an aromatic ring is 2. The highest BCUT2D eigenvalue weighted by Crippen LogP contribution is 2.31. The average molecular weight is 368 g/mol. The van der Waals surface area contributed by atoms with Crippen LogP contribution in [0.3, 0.4) is 0 Å².